The molecule has 0 amide bonds. The van der Waals surface area contributed by atoms with Gasteiger partial charge in [0.25, 0.3) is 5.88 Å². The van der Waals surface area contributed by atoms with Gasteiger partial charge in [-0.25, -0.2) is 0 Å². The van der Waals surface area contributed by atoms with Crippen molar-refractivity contribution in [1.29, 1.82) is 0 Å². The third-order valence-corrected chi connectivity index (χ3v) is 5.61. The summed E-state index contributed by atoms with van der Waals surface area (Å²) in [5.74, 6) is 1.42. The Morgan fingerprint density at radius 3 is 2.61 bits per heavy atom. The lowest BCUT2D eigenvalue weighted by molar-refractivity contribution is -0.0400. The minimum absolute atomic E-state index is 0.00357. The fourth-order valence-corrected chi connectivity index (χ4v) is 4.13. The second-order valence-corrected chi connectivity index (χ2v) is 8.68. The summed E-state index contributed by atoms with van der Waals surface area (Å²) in [4.78, 5) is 4.56. The van der Waals surface area contributed by atoms with Crippen LogP contribution in [-0.2, 0) is 9.47 Å². The summed E-state index contributed by atoms with van der Waals surface area (Å²) in [6.07, 6.45) is -0.0919. The summed E-state index contributed by atoms with van der Waals surface area (Å²) in [5, 5.41) is 0. The molecule has 2 aliphatic rings. The summed E-state index contributed by atoms with van der Waals surface area (Å²) < 4.78 is 26.7. The van der Waals surface area contributed by atoms with Crippen LogP contribution < -0.4 is 9.64 Å². The highest BCUT2D eigenvalue weighted by Crippen LogP contribution is 2.36. The van der Waals surface area contributed by atoms with E-state index < -0.39 is 0 Å². The van der Waals surface area contributed by atoms with Crippen molar-refractivity contribution in [3.63, 3.8) is 0 Å². The quantitative estimate of drug-likeness (QED) is 0.759. The number of ether oxygens (including phenoxy) is 3. The summed E-state index contributed by atoms with van der Waals surface area (Å²) in [7, 11) is 0. The van der Waals surface area contributed by atoms with Crippen LogP contribution in [0, 0.1) is 0 Å². The minimum atomic E-state index is -0.0675. The van der Waals surface area contributed by atoms with E-state index in [1.165, 1.54) is 17.3 Å². The van der Waals surface area contributed by atoms with Gasteiger partial charge in [-0.15, -0.1) is 4.37 Å². The van der Waals surface area contributed by atoms with Gasteiger partial charge in [0.2, 0.25) is 5.82 Å². The zero-order valence-corrected chi connectivity index (χ0v) is 17.5. The van der Waals surface area contributed by atoms with Crippen molar-refractivity contribution in [2.45, 2.75) is 38.6 Å². The van der Waals surface area contributed by atoms with Crippen molar-refractivity contribution in [3.05, 3.63) is 35.9 Å². The van der Waals surface area contributed by atoms with Crippen molar-refractivity contribution >= 4 is 17.5 Å². The number of nitrogens with zero attached hydrogens (tertiary/aromatic N) is 4. The predicted octanol–water partition coefficient (Wildman–Crippen LogP) is 2.95. The molecule has 2 atom stereocenters. The van der Waals surface area contributed by atoms with Crippen LogP contribution in [0.4, 0.5) is 5.82 Å². The van der Waals surface area contributed by atoms with Crippen LogP contribution in [0.1, 0.15) is 32.6 Å². The zero-order valence-electron chi connectivity index (χ0n) is 16.7. The van der Waals surface area contributed by atoms with E-state index >= 15 is 0 Å². The van der Waals surface area contributed by atoms with Crippen LogP contribution in [0.3, 0.4) is 0 Å². The van der Waals surface area contributed by atoms with Gasteiger partial charge in [0.15, 0.2) is 0 Å². The minimum Gasteiger partial charge on any atom is -0.472 e. The van der Waals surface area contributed by atoms with Gasteiger partial charge in [-0.3, -0.25) is 4.90 Å². The molecule has 0 bridgehead atoms. The molecule has 4 rings (SSSR count). The molecule has 2 fully saturated rings. The maximum absolute atomic E-state index is 6.39. The standard InChI is InChI=1S/C20H28N4O3S/c1-20(2,3)24-13-16(27-19(24)15-7-5-4-6-8-15)14-26-18-17(21-28-22-18)23-9-11-25-12-10-23/h4-8,16,19H,9-14H2,1-3H3/t16-,19?/m0/s1. The molecule has 2 aliphatic heterocycles. The van der Waals surface area contributed by atoms with Gasteiger partial charge in [-0.2, -0.15) is 4.37 Å². The molecule has 0 spiro atoms. The first kappa shape index (κ1) is 19.6. The Kier molecular flexibility index (Phi) is 5.82. The fourth-order valence-electron chi connectivity index (χ4n) is 3.61. The van der Waals surface area contributed by atoms with Crippen LogP contribution >= 0.6 is 11.7 Å². The van der Waals surface area contributed by atoms with Crippen molar-refractivity contribution in [3.8, 4) is 5.88 Å². The zero-order chi connectivity index (χ0) is 19.6. The number of aromatic nitrogens is 2. The van der Waals surface area contributed by atoms with Gasteiger partial charge >= 0.3 is 0 Å². The molecule has 1 unspecified atom stereocenters. The smallest absolute Gasteiger partial charge is 0.270 e. The van der Waals surface area contributed by atoms with Gasteiger partial charge in [0, 0.05) is 25.2 Å². The van der Waals surface area contributed by atoms with E-state index in [9.17, 15) is 0 Å². The highest BCUT2D eigenvalue weighted by Gasteiger charge is 2.40. The lowest BCUT2D eigenvalue weighted by Crippen LogP contribution is -2.42. The summed E-state index contributed by atoms with van der Waals surface area (Å²) in [5.41, 5.74) is 1.17. The molecule has 8 heteroatoms. The Morgan fingerprint density at radius 1 is 1.14 bits per heavy atom. The highest BCUT2D eigenvalue weighted by atomic mass is 32.1. The second kappa shape index (κ2) is 8.32. The molecule has 1 aromatic carbocycles. The molecule has 0 radical (unpaired) electrons. The van der Waals surface area contributed by atoms with Gasteiger partial charge < -0.3 is 19.1 Å². The largest absolute Gasteiger partial charge is 0.472 e. The topological polar surface area (TPSA) is 60.0 Å². The van der Waals surface area contributed by atoms with Crippen LogP contribution in [0.25, 0.3) is 0 Å². The maximum Gasteiger partial charge on any atom is 0.270 e. The number of hydrogen-bond donors (Lipinski definition) is 0. The number of morpholine rings is 1. The Bertz CT molecular complexity index is 758. The second-order valence-electron chi connectivity index (χ2n) is 8.15. The van der Waals surface area contributed by atoms with Crippen LogP contribution in [-0.4, -0.2) is 64.7 Å². The first-order valence-corrected chi connectivity index (χ1v) is 10.5. The fraction of sp³-hybridized carbons (Fsp3) is 0.600. The van der Waals surface area contributed by atoms with Crippen molar-refractivity contribution in [1.82, 2.24) is 13.6 Å². The van der Waals surface area contributed by atoms with E-state index in [4.69, 9.17) is 14.2 Å². The summed E-state index contributed by atoms with van der Waals surface area (Å²) >= 11 is 1.19. The number of benzene rings is 1. The molecule has 2 saturated heterocycles. The molecule has 3 heterocycles. The molecular weight excluding hydrogens is 376 g/mol. The number of hydrogen-bond acceptors (Lipinski definition) is 8. The molecule has 0 saturated carbocycles. The van der Waals surface area contributed by atoms with E-state index in [2.05, 4.69) is 63.6 Å². The van der Waals surface area contributed by atoms with Gasteiger partial charge in [-0.1, -0.05) is 30.3 Å². The normalized spacial score (nSPS) is 23.9. The number of anilines is 1. The Morgan fingerprint density at radius 2 is 1.89 bits per heavy atom. The van der Waals surface area contributed by atoms with Gasteiger partial charge in [0.1, 0.15) is 18.9 Å². The molecule has 7 nitrogen and oxygen atoms in total. The molecule has 2 aromatic rings. The van der Waals surface area contributed by atoms with E-state index in [1.807, 2.05) is 6.07 Å². The van der Waals surface area contributed by atoms with Crippen molar-refractivity contribution < 1.29 is 14.2 Å². The summed E-state index contributed by atoms with van der Waals surface area (Å²) in [6.45, 7) is 11.0. The molecular formula is C20H28N4O3S. The average molecular weight is 405 g/mol. The Hall–Kier alpha value is -1.74. The molecule has 1 aromatic heterocycles. The van der Waals surface area contributed by atoms with Crippen LogP contribution in [0.15, 0.2) is 30.3 Å². The molecule has 0 aliphatic carbocycles. The monoisotopic (exact) mass is 404 g/mol. The molecule has 28 heavy (non-hydrogen) atoms. The highest BCUT2D eigenvalue weighted by molar-refractivity contribution is 6.99. The van der Waals surface area contributed by atoms with E-state index in [-0.39, 0.29) is 17.9 Å². The van der Waals surface area contributed by atoms with E-state index in [1.54, 1.807) is 0 Å². The molecule has 152 valence electrons. The predicted molar refractivity (Wildman–Crippen MR) is 109 cm³/mol. The number of rotatable bonds is 5. The van der Waals surface area contributed by atoms with Gasteiger partial charge in [-0.05, 0) is 26.3 Å². The lowest BCUT2D eigenvalue weighted by Gasteiger charge is -2.35. The first-order valence-electron chi connectivity index (χ1n) is 9.77. The SMILES string of the molecule is CC(C)(C)N1C[C@@H](COc2nsnc2N2CCOCC2)OC1c1ccccc1. The maximum atomic E-state index is 6.39. The Labute approximate surface area is 170 Å². The van der Waals surface area contributed by atoms with Crippen LogP contribution in [0.5, 0.6) is 5.88 Å². The molecule has 0 N–H and O–H groups in total. The van der Waals surface area contributed by atoms with Crippen LogP contribution in [0.2, 0.25) is 0 Å². The van der Waals surface area contributed by atoms with Crippen molar-refractivity contribution in [2.24, 2.45) is 0 Å². The summed E-state index contributed by atoms with van der Waals surface area (Å²) in [6, 6.07) is 10.4. The Balaban J connectivity index is 1.43. The van der Waals surface area contributed by atoms with E-state index in [0.717, 1.165) is 25.5 Å². The van der Waals surface area contributed by atoms with Crippen molar-refractivity contribution in [2.75, 3.05) is 44.4 Å². The third-order valence-electron chi connectivity index (χ3n) is 5.11. The third kappa shape index (κ3) is 4.30. The average Bonchev–Trinajstić information content (AvgIpc) is 3.34. The lowest BCUT2D eigenvalue weighted by atomic mass is 10.0. The van der Waals surface area contributed by atoms with Gasteiger partial charge in [0.05, 0.1) is 24.9 Å². The first-order chi connectivity index (χ1) is 13.5. The van der Waals surface area contributed by atoms with E-state index in [0.29, 0.717) is 25.7 Å².